The Morgan fingerprint density at radius 2 is 2.13 bits per heavy atom. The van der Waals surface area contributed by atoms with Gasteiger partial charge in [0.2, 0.25) is 0 Å². The van der Waals surface area contributed by atoms with Crippen molar-refractivity contribution < 1.29 is 0 Å². The minimum Gasteiger partial charge on any atom is -0.328 e. The molecule has 86 valence electrons. The van der Waals surface area contributed by atoms with Crippen LogP contribution >= 0.6 is 36.4 Å². The molecule has 0 fully saturated rings. The summed E-state index contributed by atoms with van der Waals surface area (Å²) in [5.74, 6) is 0. The average molecular weight is 270 g/mol. The van der Waals surface area contributed by atoms with Crippen LogP contribution in [0.2, 0.25) is 5.02 Å². The number of hydrogen-bond acceptors (Lipinski definition) is 2. The lowest BCUT2D eigenvalue weighted by Gasteiger charge is -1.97. The summed E-state index contributed by atoms with van der Waals surface area (Å²) in [7, 11) is 0. The van der Waals surface area contributed by atoms with Crippen LogP contribution in [0.5, 0.6) is 0 Å². The van der Waals surface area contributed by atoms with E-state index in [4.69, 9.17) is 17.3 Å². The zero-order chi connectivity index (χ0) is 9.68. The molecule has 0 saturated carbocycles. The van der Waals surface area contributed by atoms with Crippen LogP contribution in [0.15, 0.2) is 24.5 Å². The van der Waals surface area contributed by atoms with Crippen molar-refractivity contribution in [1.82, 2.24) is 4.98 Å². The molecule has 1 aromatic heterocycles. The van der Waals surface area contributed by atoms with Gasteiger partial charge in [-0.3, -0.25) is 4.98 Å². The van der Waals surface area contributed by atoms with Crippen LogP contribution < -0.4 is 5.73 Å². The van der Waals surface area contributed by atoms with Crippen molar-refractivity contribution in [2.24, 2.45) is 5.73 Å². The molecule has 0 unspecified atom stereocenters. The molecule has 1 atom stereocenters. The van der Waals surface area contributed by atoms with Crippen molar-refractivity contribution >= 4 is 42.5 Å². The van der Waals surface area contributed by atoms with E-state index < -0.39 is 0 Å². The molecular formula is C10H15Cl3N2. The molecule has 2 N–H and O–H groups in total. The van der Waals surface area contributed by atoms with E-state index in [1.165, 1.54) is 0 Å². The van der Waals surface area contributed by atoms with Crippen LogP contribution in [-0.4, -0.2) is 11.0 Å². The molecule has 5 heteroatoms. The molecule has 15 heavy (non-hydrogen) atoms. The first kappa shape index (κ1) is 17.1. The fourth-order valence-corrected chi connectivity index (χ4v) is 1.12. The van der Waals surface area contributed by atoms with Gasteiger partial charge in [-0.15, -0.1) is 24.8 Å². The Morgan fingerprint density at radius 1 is 1.47 bits per heavy atom. The summed E-state index contributed by atoms with van der Waals surface area (Å²) in [5.41, 5.74) is 6.60. The Hall–Kier alpha value is -0.280. The normalized spacial score (nSPS) is 11.7. The Balaban J connectivity index is 0. The first-order chi connectivity index (χ1) is 6.18. The molecule has 1 heterocycles. The second kappa shape index (κ2) is 8.98. The van der Waals surface area contributed by atoms with Crippen LogP contribution in [0.3, 0.4) is 0 Å². The van der Waals surface area contributed by atoms with E-state index in [1.807, 2.05) is 25.1 Å². The van der Waals surface area contributed by atoms with Gasteiger partial charge < -0.3 is 5.73 Å². The van der Waals surface area contributed by atoms with Crippen LogP contribution in [-0.2, 0) is 0 Å². The maximum absolute atomic E-state index is 5.77. The lowest BCUT2D eigenvalue weighted by molar-refractivity contribution is 0.759. The van der Waals surface area contributed by atoms with E-state index >= 15 is 0 Å². The zero-order valence-corrected chi connectivity index (χ0v) is 10.8. The van der Waals surface area contributed by atoms with E-state index in [0.29, 0.717) is 5.02 Å². The van der Waals surface area contributed by atoms with Crippen LogP contribution in [0.1, 0.15) is 18.9 Å². The summed E-state index contributed by atoms with van der Waals surface area (Å²) >= 11 is 5.77. The van der Waals surface area contributed by atoms with Gasteiger partial charge >= 0.3 is 0 Å². The molecule has 2 nitrogen and oxygen atoms in total. The molecular weight excluding hydrogens is 254 g/mol. The first-order valence-electron chi connectivity index (χ1n) is 4.21. The second-order valence-corrected chi connectivity index (χ2v) is 3.49. The maximum Gasteiger partial charge on any atom is 0.0595 e. The minimum atomic E-state index is 0. The summed E-state index contributed by atoms with van der Waals surface area (Å²) in [6, 6.07) is 2.06. The Labute approximate surface area is 108 Å². The predicted molar refractivity (Wildman–Crippen MR) is 71.0 cm³/mol. The maximum atomic E-state index is 5.77. The summed E-state index contributed by atoms with van der Waals surface area (Å²) in [6.07, 6.45) is 8.25. The molecule has 0 amide bonds. The first-order valence-corrected chi connectivity index (χ1v) is 4.59. The molecule has 0 spiro atoms. The summed E-state index contributed by atoms with van der Waals surface area (Å²) in [4.78, 5) is 3.97. The number of hydrogen-bond donors (Lipinski definition) is 1. The van der Waals surface area contributed by atoms with Crippen LogP contribution in [0.25, 0.3) is 6.08 Å². The Morgan fingerprint density at radius 3 is 2.67 bits per heavy atom. The van der Waals surface area contributed by atoms with Crippen molar-refractivity contribution in [3.05, 3.63) is 35.1 Å². The molecule has 0 radical (unpaired) electrons. The van der Waals surface area contributed by atoms with Crippen molar-refractivity contribution in [1.29, 1.82) is 0 Å². The number of rotatable bonds is 3. The molecule has 0 bridgehead atoms. The third kappa shape index (κ3) is 7.63. The number of halogens is 3. The fourth-order valence-electron chi connectivity index (χ4n) is 0.938. The lowest BCUT2D eigenvalue weighted by atomic mass is 10.2. The highest BCUT2D eigenvalue weighted by molar-refractivity contribution is 6.30. The highest BCUT2D eigenvalue weighted by Crippen LogP contribution is 2.09. The zero-order valence-electron chi connectivity index (χ0n) is 8.39. The van der Waals surface area contributed by atoms with E-state index in [-0.39, 0.29) is 30.9 Å². The van der Waals surface area contributed by atoms with Gasteiger partial charge in [-0.1, -0.05) is 23.8 Å². The van der Waals surface area contributed by atoms with Gasteiger partial charge in [-0.25, -0.2) is 0 Å². The van der Waals surface area contributed by atoms with Gasteiger partial charge in [0.05, 0.1) is 5.02 Å². The highest BCUT2D eigenvalue weighted by Gasteiger charge is 1.91. The topological polar surface area (TPSA) is 38.9 Å². The molecule has 1 aromatic rings. The van der Waals surface area contributed by atoms with E-state index in [9.17, 15) is 0 Å². The summed E-state index contributed by atoms with van der Waals surface area (Å²) in [6.45, 7) is 1.97. The molecule has 0 aliphatic rings. The SMILES string of the molecule is C[C@H](N)C/C=C/c1cncc(Cl)c1.Cl.Cl. The number of nitrogens with zero attached hydrogens (tertiary/aromatic N) is 1. The predicted octanol–water partition coefficient (Wildman–Crippen LogP) is 3.33. The standard InChI is InChI=1S/C10H13ClN2.2ClH/c1-8(12)3-2-4-9-5-10(11)7-13-6-9;;/h2,4-8H,3,12H2,1H3;2*1H/b4-2+;;/t8-;;/m0../s1. The monoisotopic (exact) mass is 268 g/mol. The third-order valence-electron chi connectivity index (χ3n) is 1.54. The summed E-state index contributed by atoms with van der Waals surface area (Å²) < 4.78 is 0. The van der Waals surface area contributed by atoms with Crippen molar-refractivity contribution in [2.45, 2.75) is 19.4 Å². The molecule has 0 saturated heterocycles. The lowest BCUT2D eigenvalue weighted by Crippen LogP contribution is -2.12. The van der Waals surface area contributed by atoms with Gasteiger partial charge in [0.25, 0.3) is 0 Å². The fraction of sp³-hybridized carbons (Fsp3) is 0.300. The van der Waals surface area contributed by atoms with E-state index in [0.717, 1.165) is 12.0 Å². The van der Waals surface area contributed by atoms with Crippen molar-refractivity contribution in [3.63, 3.8) is 0 Å². The van der Waals surface area contributed by atoms with E-state index in [1.54, 1.807) is 12.4 Å². The van der Waals surface area contributed by atoms with Crippen molar-refractivity contribution in [3.8, 4) is 0 Å². The number of aromatic nitrogens is 1. The van der Waals surface area contributed by atoms with Gasteiger partial charge in [-0.2, -0.15) is 0 Å². The minimum absolute atomic E-state index is 0. The molecule has 0 aromatic carbocycles. The average Bonchev–Trinajstić information content (AvgIpc) is 2.03. The van der Waals surface area contributed by atoms with Gasteiger partial charge in [0.15, 0.2) is 0 Å². The Bertz CT molecular complexity index is 300. The second-order valence-electron chi connectivity index (χ2n) is 3.05. The molecule has 0 aliphatic heterocycles. The van der Waals surface area contributed by atoms with E-state index in [2.05, 4.69) is 4.98 Å². The van der Waals surface area contributed by atoms with Crippen LogP contribution in [0, 0.1) is 0 Å². The van der Waals surface area contributed by atoms with Crippen LogP contribution in [0.4, 0.5) is 0 Å². The number of nitrogens with two attached hydrogens (primary N) is 1. The Kier molecular flexibility index (Phi) is 10.3. The van der Waals surface area contributed by atoms with Gasteiger partial charge in [0, 0.05) is 18.4 Å². The number of pyridine rings is 1. The largest absolute Gasteiger partial charge is 0.328 e. The summed E-state index contributed by atoms with van der Waals surface area (Å²) in [5, 5.41) is 0.656. The quantitative estimate of drug-likeness (QED) is 0.914. The van der Waals surface area contributed by atoms with Crippen molar-refractivity contribution in [2.75, 3.05) is 0 Å². The third-order valence-corrected chi connectivity index (χ3v) is 1.75. The smallest absolute Gasteiger partial charge is 0.0595 e. The molecule has 1 rings (SSSR count). The van der Waals surface area contributed by atoms with Gasteiger partial charge in [0.1, 0.15) is 0 Å². The molecule has 0 aliphatic carbocycles. The van der Waals surface area contributed by atoms with Gasteiger partial charge in [-0.05, 0) is 25.0 Å². The highest BCUT2D eigenvalue weighted by atomic mass is 35.5.